The van der Waals surface area contributed by atoms with E-state index in [0.717, 1.165) is 12.1 Å². The van der Waals surface area contributed by atoms with Gasteiger partial charge in [0.15, 0.2) is 17.5 Å². The normalized spacial score (nSPS) is 10.4. The highest BCUT2D eigenvalue weighted by atomic mass is 19.2. The van der Waals surface area contributed by atoms with Crippen molar-refractivity contribution in [2.75, 3.05) is 17.7 Å². The fourth-order valence-electron chi connectivity index (χ4n) is 1.72. The summed E-state index contributed by atoms with van der Waals surface area (Å²) in [6.07, 6.45) is 0. The van der Waals surface area contributed by atoms with Gasteiger partial charge in [-0.2, -0.15) is 0 Å². The quantitative estimate of drug-likeness (QED) is 0.662. The Morgan fingerprint density at radius 2 is 1.85 bits per heavy atom. The third kappa shape index (κ3) is 2.96. The molecule has 0 saturated heterocycles. The summed E-state index contributed by atoms with van der Waals surface area (Å²) >= 11 is 0. The van der Waals surface area contributed by atoms with E-state index in [1.54, 1.807) is 12.1 Å². The molecule has 6 heteroatoms. The second kappa shape index (κ2) is 5.73. The maximum atomic E-state index is 13.6. The summed E-state index contributed by atoms with van der Waals surface area (Å²) in [4.78, 5) is 0. The third-order valence-electron chi connectivity index (χ3n) is 2.55. The average Bonchev–Trinajstić information content (AvgIpc) is 2.39. The van der Waals surface area contributed by atoms with E-state index in [4.69, 9.17) is 10.5 Å². The molecule has 0 saturated carbocycles. The largest absolute Gasteiger partial charge is 0.494 e. The van der Waals surface area contributed by atoms with E-state index in [1.807, 2.05) is 6.92 Å². The molecular weight excluding hydrogens is 269 g/mol. The molecule has 0 heterocycles. The summed E-state index contributed by atoms with van der Waals surface area (Å²) in [6.45, 7) is 2.26. The molecule has 106 valence electrons. The Balaban J connectivity index is 2.32. The molecule has 0 amide bonds. The smallest absolute Gasteiger partial charge is 0.196 e. The number of nitrogens with two attached hydrogens (primary N) is 1. The number of benzene rings is 2. The molecule has 0 atom stereocenters. The lowest BCUT2D eigenvalue weighted by Gasteiger charge is -2.11. The molecule has 3 nitrogen and oxygen atoms in total. The Labute approximate surface area is 114 Å². The number of nitrogen functional groups attached to an aromatic ring is 1. The van der Waals surface area contributed by atoms with Crippen molar-refractivity contribution < 1.29 is 17.9 Å². The van der Waals surface area contributed by atoms with Crippen LogP contribution in [0.5, 0.6) is 5.75 Å². The molecule has 0 aromatic heterocycles. The van der Waals surface area contributed by atoms with Crippen LogP contribution in [0.4, 0.5) is 30.2 Å². The molecule has 0 bridgehead atoms. The number of anilines is 3. The number of rotatable bonds is 4. The van der Waals surface area contributed by atoms with Crippen LogP contribution in [0, 0.1) is 17.5 Å². The lowest BCUT2D eigenvalue weighted by molar-refractivity contribution is 0.340. The predicted molar refractivity (Wildman–Crippen MR) is 71.6 cm³/mol. The monoisotopic (exact) mass is 282 g/mol. The van der Waals surface area contributed by atoms with Gasteiger partial charge < -0.3 is 15.8 Å². The molecule has 20 heavy (non-hydrogen) atoms. The van der Waals surface area contributed by atoms with Gasteiger partial charge >= 0.3 is 0 Å². The molecule has 2 rings (SSSR count). The van der Waals surface area contributed by atoms with E-state index in [1.165, 1.54) is 6.07 Å². The molecule has 0 aliphatic rings. The molecule has 2 aromatic carbocycles. The minimum Gasteiger partial charge on any atom is -0.494 e. The van der Waals surface area contributed by atoms with Crippen LogP contribution in [0.3, 0.4) is 0 Å². The maximum Gasteiger partial charge on any atom is 0.196 e. The van der Waals surface area contributed by atoms with E-state index < -0.39 is 17.5 Å². The van der Waals surface area contributed by atoms with Crippen LogP contribution < -0.4 is 15.8 Å². The van der Waals surface area contributed by atoms with Crippen molar-refractivity contribution in [1.82, 2.24) is 0 Å². The lowest BCUT2D eigenvalue weighted by atomic mass is 10.2. The van der Waals surface area contributed by atoms with Gasteiger partial charge in [-0.25, -0.2) is 13.2 Å². The van der Waals surface area contributed by atoms with Crippen LogP contribution in [0.2, 0.25) is 0 Å². The summed E-state index contributed by atoms with van der Waals surface area (Å²) in [5, 5.41) is 2.64. The van der Waals surface area contributed by atoms with Crippen LogP contribution in [0.1, 0.15) is 6.92 Å². The standard InChI is InChI=1S/C14H13F3N2O/c1-2-20-10-6-8(18)5-9(7-10)19-12-4-3-11(15)13(16)14(12)17/h3-7,19H,2,18H2,1H3. The van der Waals surface area contributed by atoms with Gasteiger partial charge in [0.05, 0.1) is 12.3 Å². The van der Waals surface area contributed by atoms with Gasteiger partial charge in [-0.15, -0.1) is 0 Å². The van der Waals surface area contributed by atoms with Crippen molar-refractivity contribution in [2.24, 2.45) is 0 Å². The van der Waals surface area contributed by atoms with E-state index in [2.05, 4.69) is 5.32 Å². The number of ether oxygens (including phenoxy) is 1. The SMILES string of the molecule is CCOc1cc(N)cc(Nc2ccc(F)c(F)c2F)c1. The topological polar surface area (TPSA) is 47.3 Å². The fraction of sp³-hybridized carbons (Fsp3) is 0.143. The minimum absolute atomic E-state index is 0.183. The summed E-state index contributed by atoms with van der Waals surface area (Å²) in [5.74, 6) is -3.55. The highest BCUT2D eigenvalue weighted by Gasteiger charge is 2.13. The van der Waals surface area contributed by atoms with Crippen LogP contribution in [0.25, 0.3) is 0 Å². The maximum absolute atomic E-state index is 13.6. The van der Waals surface area contributed by atoms with Crippen molar-refractivity contribution in [3.8, 4) is 5.75 Å². The first kappa shape index (κ1) is 14.0. The average molecular weight is 282 g/mol. The van der Waals surface area contributed by atoms with Crippen molar-refractivity contribution in [3.05, 3.63) is 47.8 Å². The fourth-order valence-corrected chi connectivity index (χ4v) is 1.72. The zero-order chi connectivity index (χ0) is 14.7. The summed E-state index contributed by atoms with van der Waals surface area (Å²) in [7, 11) is 0. The molecule has 0 aliphatic heterocycles. The van der Waals surface area contributed by atoms with Gasteiger partial charge in [-0.3, -0.25) is 0 Å². The minimum atomic E-state index is -1.52. The highest BCUT2D eigenvalue weighted by Crippen LogP contribution is 2.28. The van der Waals surface area contributed by atoms with E-state index >= 15 is 0 Å². The molecule has 0 spiro atoms. The molecule has 2 aromatic rings. The third-order valence-corrected chi connectivity index (χ3v) is 2.55. The molecule has 0 unspecified atom stereocenters. The summed E-state index contributed by atoms with van der Waals surface area (Å²) < 4.78 is 44.8. The highest BCUT2D eigenvalue weighted by molar-refractivity contribution is 5.66. The Morgan fingerprint density at radius 3 is 2.55 bits per heavy atom. The van der Waals surface area contributed by atoms with Crippen molar-refractivity contribution in [3.63, 3.8) is 0 Å². The van der Waals surface area contributed by atoms with Crippen LogP contribution in [-0.4, -0.2) is 6.61 Å². The van der Waals surface area contributed by atoms with Crippen molar-refractivity contribution >= 4 is 17.1 Å². The van der Waals surface area contributed by atoms with Gasteiger partial charge in [0, 0.05) is 23.5 Å². The summed E-state index contributed by atoms with van der Waals surface area (Å²) in [6, 6.07) is 6.67. The van der Waals surface area contributed by atoms with Gasteiger partial charge in [-0.1, -0.05) is 0 Å². The van der Waals surface area contributed by atoms with E-state index in [-0.39, 0.29) is 5.69 Å². The first-order valence-electron chi connectivity index (χ1n) is 5.95. The molecule has 3 N–H and O–H groups in total. The van der Waals surface area contributed by atoms with Crippen LogP contribution in [-0.2, 0) is 0 Å². The van der Waals surface area contributed by atoms with Gasteiger partial charge in [-0.05, 0) is 25.1 Å². The first-order valence-corrected chi connectivity index (χ1v) is 5.95. The van der Waals surface area contributed by atoms with Gasteiger partial charge in [0.25, 0.3) is 0 Å². The summed E-state index contributed by atoms with van der Waals surface area (Å²) in [5.41, 5.74) is 6.32. The van der Waals surface area contributed by atoms with E-state index in [9.17, 15) is 13.2 Å². The Hall–Kier alpha value is -2.37. The Bertz CT molecular complexity index is 632. The Kier molecular flexibility index (Phi) is 4.02. The molecule has 0 aliphatic carbocycles. The van der Waals surface area contributed by atoms with Crippen molar-refractivity contribution in [2.45, 2.75) is 6.92 Å². The number of nitrogens with one attached hydrogen (secondary N) is 1. The Morgan fingerprint density at radius 1 is 1.10 bits per heavy atom. The molecular formula is C14H13F3N2O. The second-order valence-corrected chi connectivity index (χ2v) is 4.07. The van der Waals surface area contributed by atoms with Gasteiger partial charge in [0.1, 0.15) is 5.75 Å². The molecule has 0 radical (unpaired) electrons. The first-order chi connectivity index (χ1) is 9.51. The zero-order valence-electron chi connectivity index (χ0n) is 10.7. The second-order valence-electron chi connectivity index (χ2n) is 4.07. The van der Waals surface area contributed by atoms with Crippen LogP contribution >= 0.6 is 0 Å². The zero-order valence-corrected chi connectivity index (χ0v) is 10.7. The lowest BCUT2D eigenvalue weighted by Crippen LogP contribution is -2.00. The van der Waals surface area contributed by atoms with Crippen LogP contribution in [0.15, 0.2) is 30.3 Å². The van der Waals surface area contributed by atoms with Gasteiger partial charge in [0.2, 0.25) is 0 Å². The molecule has 0 fully saturated rings. The number of halogens is 3. The van der Waals surface area contributed by atoms with E-state index in [0.29, 0.717) is 23.7 Å². The number of hydrogen-bond acceptors (Lipinski definition) is 3. The number of hydrogen-bond donors (Lipinski definition) is 2. The predicted octanol–water partition coefficient (Wildman–Crippen LogP) is 3.83. The van der Waals surface area contributed by atoms with Crippen molar-refractivity contribution in [1.29, 1.82) is 0 Å².